The van der Waals surface area contributed by atoms with Gasteiger partial charge in [0, 0.05) is 34.1 Å². The van der Waals surface area contributed by atoms with Crippen molar-refractivity contribution in [1.82, 2.24) is 4.90 Å². The summed E-state index contributed by atoms with van der Waals surface area (Å²) in [5.74, 6) is 0.0985. The van der Waals surface area contributed by atoms with Crippen LogP contribution in [0.5, 0.6) is 0 Å². The molecule has 0 atom stereocenters. The number of oxime groups is 1. The Morgan fingerprint density at radius 3 is 2.29 bits per heavy atom. The number of rotatable bonds is 2. The molecule has 5 nitrogen and oxygen atoms in total. The molecule has 1 aliphatic rings. The Labute approximate surface area is 133 Å². The van der Waals surface area contributed by atoms with Crippen LogP contribution in [0.1, 0.15) is 30.1 Å². The predicted molar refractivity (Wildman–Crippen MR) is 83.1 cm³/mol. The molecule has 0 aliphatic carbocycles. The number of likely N-dealkylation sites (tertiary alicyclic amines) is 1. The highest BCUT2D eigenvalue weighted by molar-refractivity contribution is 6.35. The second-order valence-corrected chi connectivity index (χ2v) is 6.37. The van der Waals surface area contributed by atoms with Crippen molar-refractivity contribution in [3.63, 3.8) is 0 Å². The number of nitrogens with two attached hydrogens (primary N) is 1. The summed E-state index contributed by atoms with van der Waals surface area (Å²) in [5.41, 5.74) is 5.81. The first-order valence-corrected chi connectivity index (χ1v) is 7.35. The number of amides is 1. The van der Waals surface area contributed by atoms with E-state index < -0.39 is 0 Å². The van der Waals surface area contributed by atoms with Crippen LogP contribution < -0.4 is 5.73 Å². The molecule has 0 radical (unpaired) electrons. The van der Waals surface area contributed by atoms with Crippen LogP contribution in [0.25, 0.3) is 0 Å². The second kappa shape index (κ2) is 6.12. The van der Waals surface area contributed by atoms with Crippen LogP contribution in [0.4, 0.5) is 0 Å². The monoisotopic (exact) mass is 329 g/mol. The van der Waals surface area contributed by atoms with Gasteiger partial charge in [0.05, 0.1) is 0 Å². The van der Waals surface area contributed by atoms with Gasteiger partial charge in [0.1, 0.15) is 5.84 Å². The van der Waals surface area contributed by atoms with Gasteiger partial charge in [-0.05, 0) is 31.0 Å². The maximum Gasteiger partial charge on any atom is 0.253 e. The Kier molecular flexibility index (Phi) is 4.64. The van der Waals surface area contributed by atoms with E-state index in [0.29, 0.717) is 41.5 Å². The van der Waals surface area contributed by atoms with Gasteiger partial charge in [0.15, 0.2) is 0 Å². The van der Waals surface area contributed by atoms with Gasteiger partial charge in [0.2, 0.25) is 0 Å². The van der Waals surface area contributed by atoms with Gasteiger partial charge in [-0.25, -0.2) is 0 Å². The molecule has 21 heavy (non-hydrogen) atoms. The Hall–Kier alpha value is -1.46. The topological polar surface area (TPSA) is 78.9 Å². The number of carbonyl (C=O) groups excluding carboxylic acids is 1. The largest absolute Gasteiger partial charge is 0.409 e. The van der Waals surface area contributed by atoms with E-state index in [4.69, 9.17) is 34.1 Å². The predicted octanol–water partition coefficient (Wildman–Crippen LogP) is 2.98. The SMILES string of the molecule is CC1(/C(N)=N/O)CCN(C(=O)c2cc(Cl)cc(Cl)c2)CC1. The Bertz CT molecular complexity index is 561. The van der Waals surface area contributed by atoms with E-state index in [1.54, 1.807) is 23.1 Å². The average molecular weight is 330 g/mol. The van der Waals surface area contributed by atoms with Gasteiger partial charge in [-0.2, -0.15) is 0 Å². The minimum Gasteiger partial charge on any atom is -0.409 e. The zero-order valence-corrected chi connectivity index (χ0v) is 13.2. The van der Waals surface area contributed by atoms with Crippen molar-refractivity contribution in [2.75, 3.05) is 13.1 Å². The number of benzene rings is 1. The molecule has 3 N–H and O–H groups in total. The first-order chi connectivity index (χ1) is 9.85. The van der Waals surface area contributed by atoms with Gasteiger partial charge in [-0.15, -0.1) is 0 Å². The number of hydrogen-bond donors (Lipinski definition) is 2. The van der Waals surface area contributed by atoms with E-state index in [1.165, 1.54) is 0 Å². The van der Waals surface area contributed by atoms with Crippen LogP contribution in [0.15, 0.2) is 23.4 Å². The Morgan fingerprint density at radius 1 is 1.29 bits per heavy atom. The lowest BCUT2D eigenvalue weighted by Crippen LogP contribution is -2.47. The molecule has 2 rings (SSSR count). The van der Waals surface area contributed by atoms with Crippen LogP contribution >= 0.6 is 23.2 Å². The highest BCUT2D eigenvalue weighted by Crippen LogP contribution is 2.32. The maximum atomic E-state index is 12.5. The van der Waals surface area contributed by atoms with Crippen molar-refractivity contribution in [3.05, 3.63) is 33.8 Å². The first-order valence-electron chi connectivity index (χ1n) is 6.59. The molecule has 1 aromatic carbocycles. The standard InChI is InChI=1S/C14H17Cl2N3O2/c1-14(13(17)18-21)2-4-19(5-3-14)12(20)9-6-10(15)8-11(16)7-9/h6-8,21H,2-5H2,1H3,(H2,17,18). The van der Waals surface area contributed by atoms with Crippen LogP contribution in [-0.2, 0) is 0 Å². The molecule has 1 aromatic rings. The molecule has 1 fully saturated rings. The van der Waals surface area contributed by atoms with Crippen LogP contribution in [0, 0.1) is 5.41 Å². The number of hydrogen-bond acceptors (Lipinski definition) is 3. The zero-order chi connectivity index (χ0) is 15.6. The molecule has 1 amide bonds. The highest BCUT2D eigenvalue weighted by atomic mass is 35.5. The minimum atomic E-state index is -0.377. The van der Waals surface area contributed by atoms with Crippen molar-refractivity contribution >= 4 is 34.9 Å². The van der Waals surface area contributed by atoms with Crippen molar-refractivity contribution in [1.29, 1.82) is 0 Å². The highest BCUT2D eigenvalue weighted by Gasteiger charge is 2.35. The summed E-state index contributed by atoms with van der Waals surface area (Å²) in [4.78, 5) is 14.2. The molecule has 7 heteroatoms. The first kappa shape index (κ1) is 15.9. The smallest absolute Gasteiger partial charge is 0.253 e. The van der Waals surface area contributed by atoms with E-state index in [1.807, 2.05) is 6.92 Å². The number of amidine groups is 1. The molecule has 0 bridgehead atoms. The lowest BCUT2D eigenvalue weighted by molar-refractivity contribution is 0.0666. The molecule has 1 aliphatic heterocycles. The Balaban J connectivity index is 2.10. The van der Waals surface area contributed by atoms with Crippen LogP contribution in [0.2, 0.25) is 10.0 Å². The molecule has 0 unspecified atom stereocenters. The van der Waals surface area contributed by atoms with Crippen LogP contribution in [-0.4, -0.2) is 34.9 Å². The van der Waals surface area contributed by atoms with Gasteiger partial charge in [-0.3, -0.25) is 4.79 Å². The van der Waals surface area contributed by atoms with Gasteiger partial charge >= 0.3 is 0 Å². The summed E-state index contributed by atoms with van der Waals surface area (Å²) in [6.07, 6.45) is 1.28. The van der Waals surface area contributed by atoms with Crippen molar-refractivity contribution in [2.24, 2.45) is 16.3 Å². The lowest BCUT2D eigenvalue weighted by atomic mass is 9.79. The molecule has 0 spiro atoms. The van der Waals surface area contributed by atoms with E-state index in [2.05, 4.69) is 5.16 Å². The minimum absolute atomic E-state index is 0.110. The average Bonchev–Trinajstić information content (AvgIpc) is 2.45. The van der Waals surface area contributed by atoms with E-state index in [9.17, 15) is 4.79 Å². The number of nitrogens with zero attached hydrogens (tertiary/aromatic N) is 2. The summed E-state index contributed by atoms with van der Waals surface area (Å²) >= 11 is 11.8. The number of carbonyl (C=O) groups is 1. The summed E-state index contributed by atoms with van der Waals surface area (Å²) in [5, 5.41) is 12.8. The molecule has 1 heterocycles. The van der Waals surface area contributed by atoms with E-state index >= 15 is 0 Å². The van der Waals surface area contributed by atoms with E-state index in [-0.39, 0.29) is 17.2 Å². The molecular weight excluding hydrogens is 313 g/mol. The molecule has 0 saturated carbocycles. The van der Waals surface area contributed by atoms with Gasteiger partial charge < -0.3 is 15.8 Å². The fourth-order valence-electron chi connectivity index (χ4n) is 2.44. The quantitative estimate of drug-likeness (QED) is 0.379. The molecular formula is C14H17Cl2N3O2. The lowest BCUT2D eigenvalue weighted by Gasteiger charge is -2.38. The fraction of sp³-hybridized carbons (Fsp3) is 0.429. The van der Waals surface area contributed by atoms with E-state index in [0.717, 1.165) is 0 Å². The summed E-state index contributed by atoms with van der Waals surface area (Å²) in [6, 6.07) is 4.80. The van der Waals surface area contributed by atoms with Crippen molar-refractivity contribution < 1.29 is 10.0 Å². The maximum absolute atomic E-state index is 12.5. The molecule has 1 saturated heterocycles. The Morgan fingerprint density at radius 2 is 1.81 bits per heavy atom. The fourth-order valence-corrected chi connectivity index (χ4v) is 2.97. The third kappa shape index (κ3) is 3.41. The normalized spacial score (nSPS) is 18.6. The summed E-state index contributed by atoms with van der Waals surface area (Å²) in [7, 11) is 0. The van der Waals surface area contributed by atoms with Gasteiger partial charge in [-0.1, -0.05) is 35.3 Å². The molecule has 114 valence electrons. The number of halogens is 2. The summed E-state index contributed by atoms with van der Waals surface area (Å²) in [6.45, 7) is 3.01. The molecule has 0 aromatic heterocycles. The van der Waals surface area contributed by atoms with Crippen molar-refractivity contribution in [3.8, 4) is 0 Å². The van der Waals surface area contributed by atoms with Crippen LogP contribution in [0.3, 0.4) is 0 Å². The van der Waals surface area contributed by atoms with Crippen molar-refractivity contribution in [2.45, 2.75) is 19.8 Å². The third-order valence-electron chi connectivity index (χ3n) is 3.99. The number of piperidine rings is 1. The van der Waals surface area contributed by atoms with Gasteiger partial charge in [0.25, 0.3) is 5.91 Å². The third-order valence-corrected chi connectivity index (χ3v) is 4.43. The second-order valence-electron chi connectivity index (χ2n) is 5.50. The summed E-state index contributed by atoms with van der Waals surface area (Å²) < 4.78 is 0. The zero-order valence-electron chi connectivity index (χ0n) is 11.6.